The van der Waals surface area contributed by atoms with Gasteiger partial charge in [0.05, 0.1) is 6.61 Å². The Morgan fingerprint density at radius 3 is 2.75 bits per heavy atom. The largest absolute Gasteiger partial charge is 0.380 e. The van der Waals surface area contributed by atoms with Crippen molar-refractivity contribution in [3.8, 4) is 0 Å². The quantitative estimate of drug-likeness (QED) is 0.705. The molecule has 0 fully saturated rings. The standard InChI is InChI=1S/C16H27FN2O/c1-5-20-10-9-19(4)16-8-6-7-15(17)14(16)12-18-11-13(2)3/h6-8,13,18H,5,9-12H2,1-4H3. The molecule has 0 radical (unpaired) electrons. The first-order chi connectivity index (χ1) is 9.56. The highest BCUT2D eigenvalue weighted by atomic mass is 19.1. The molecule has 1 aromatic rings. The fourth-order valence-electron chi connectivity index (χ4n) is 2.03. The molecule has 1 aromatic carbocycles. The van der Waals surface area contributed by atoms with Crippen LogP contribution in [0.2, 0.25) is 0 Å². The zero-order chi connectivity index (χ0) is 15.0. The van der Waals surface area contributed by atoms with Crippen molar-refractivity contribution < 1.29 is 9.13 Å². The number of rotatable bonds is 9. The lowest BCUT2D eigenvalue weighted by atomic mass is 10.1. The molecular formula is C16H27FN2O. The molecule has 0 spiro atoms. The Labute approximate surface area is 122 Å². The van der Waals surface area contributed by atoms with Gasteiger partial charge in [-0.3, -0.25) is 0 Å². The van der Waals surface area contributed by atoms with E-state index >= 15 is 0 Å². The summed E-state index contributed by atoms with van der Waals surface area (Å²) < 4.78 is 19.4. The molecule has 0 atom stereocenters. The van der Waals surface area contributed by atoms with Gasteiger partial charge in [-0.2, -0.15) is 0 Å². The first kappa shape index (κ1) is 16.9. The summed E-state index contributed by atoms with van der Waals surface area (Å²) in [6.07, 6.45) is 0. The Hall–Kier alpha value is -1.13. The Bertz CT molecular complexity index is 396. The third-order valence-electron chi connectivity index (χ3n) is 3.13. The first-order valence-electron chi connectivity index (χ1n) is 7.33. The molecule has 0 saturated heterocycles. The van der Waals surface area contributed by atoms with Gasteiger partial charge in [-0.05, 0) is 31.5 Å². The Kier molecular flexibility index (Phi) is 7.55. The molecule has 0 aliphatic carbocycles. The second-order valence-corrected chi connectivity index (χ2v) is 5.38. The molecule has 1 N–H and O–H groups in total. The number of hydrogen-bond acceptors (Lipinski definition) is 3. The van der Waals surface area contributed by atoms with Crippen molar-refractivity contribution in [2.75, 3.05) is 38.3 Å². The number of likely N-dealkylation sites (N-methyl/N-ethyl adjacent to an activating group) is 1. The van der Waals surface area contributed by atoms with Gasteiger partial charge in [0.25, 0.3) is 0 Å². The van der Waals surface area contributed by atoms with E-state index in [1.54, 1.807) is 6.07 Å². The molecule has 0 aliphatic heterocycles. The number of ether oxygens (including phenoxy) is 1. The summed E-state index contributed by atoms with van der Waals surface area (Å²) in [4.78, 5) is 2.05. The van der Waals surface area contributed by atoms with Gasteiger partial charge >= 0.3 is 0 Å². The predicted octanol–water partition coefficient (Wildman–Crippen LogP) is 3.04. The topological polar surface area (TPSA) is 24.5 Å². The van der Waals surface area contributed by atoms with Crippen LogP contribution in [-0.4, -0.2) is 33.4 Å². The summed E-state index contributed by atoms with van der Waals surface area (Å²) in [6.45, 7) is 9.82. The van der Waals surface area contributed by atoms with Crippen LogP contribution in [0.25, 0.3) is 0 Å². The Balaban J connectivity index is 2.71. The zero-order valence-corrected chi connectivity index (χ0v) is 13.1. The van der Waals surface area contributed by atoms with Crippen molar-refractivity contribution in [2.45, 2.75) is 27.3 Å². The highest BCUT2D eigenvalue weighted by Crippen LogP contribution is 2.22. The Morgan fingerprint density at radius 1 is 1.35 bits per heavy atom. The van der Waals surface area contributed by atoms with Crippen LogP contribution in [0.15, 0.2) is 18.2 Å². The highest BCUT2D eigenvalue weighted by Gasteiger charge is 2.11. The fraction of sp³-hybridized carbons (Fsp3) is 0.625. The third kappa shape index (κ3) is 5.47. The molecule has 1 rings (SSSR count). The molecule has 0 saturated carbocycles. The lowest BCUT2D eigenvalue weighted by Gasteiger charge is -2.23. The second kappa shape index (κ2) is 8.93. The molecule has 4 heteroatoms. The van der Waals surface area contributed by atoms with Gasteiger partial charge in [0.15, 0.2) is 0 Å². The molecule has 0 aromatic heterocycles. The molecule has 0 unspecified atom stereocenters. The summed E-state index contributed by atoms with van der Waals surface area (Å²) in [5, 5.41) is 3.31. The zero-order valence-electron chi connectivity index (χ0n) is 13.1. The lowest BCUT2D eigenvalue weighted by molar-refractivity contribution is 0.154. The van der Waals surface area contributed by atoms with Gasteiger partial charge < -0.3 is 15.0 Å². The Morgan fingerprint density at radius 2 is 2.10 bits per heavy atom. The van der Waals surface area contributed by atoms with Crippen molar-refractivity contribution in [1.82, 2.24) is 5.32 Å². The van der Waals surface area contributed by atoms with Crippen LogP contribution in [0.4, 0.5) is 10.1 Å². The molecule has 3 nitrogen and oxygen atoms in total. The number of nitrogens with one attached hydrogen (secondary N) is 1. The average molecular weight is 282 g/mol. The van der Waals surface area contributed by atoms with Crippen molar-refractivity contribution in [2.24, 2.45) is 5.92 Å². The number of halogens is 1. The van der Waals surface area contributed by atoms with Crippen LogP contribution in [0, 0.1) is 11.7 Å². The van der Waals surface area contributed by atoms with E-state index < -0.39 is 0 Å². The van der Waals surface area contributed by atoms with Crippen LogP contribution < -0.4 is 10.2 Å². The molecule has 20 heavy (non-hydrogen) atoms. The predicted molar refractivity (Wildman–Crippen MR) is 82.7 cm³/mol. The minimum absolute atomic E-state index is 0.151. The number of nitrogens with zero attached hydrogens (tertiary/aromatic N) is 1. The van der Waals surface area contributed by atoms with Gasteiger partial charge in [0.1, 0.15) is 5.82 Å². The minimum Gasteiger partial charge on any atom is -0.380 e. The van der Waals surface area contributed by atoms with Gasteiger partial charge in [-0.25, -0.2) is 4.39 Å². The van der Waals surface area contributed by atoms with Crippen LogP contribution in [0.3, 0.4) is 0 Å². The van der Waals surface area contributed by atoms with Gasteiger partial charge in [0, 0.05) is 38.0 Å². The van der Waals surface area contributed by atoms with Gasteiger partial charge in [0.2, 0.25) is 0 Å². The van der Waals surface area contributed by atoms with E-state index in [-0.39, 0.29) is 5.82 Å². The van der Waals surface area contributed by atoms with Crippen LogP contribution in [-0.2, 0) is 11.3 Å². The van der Waals surface area contributed by atoms with Crippen molar-refractivity contribution in [3.05, 3.63) is 29.6 Å². The van der Waals surface area contributed by atoms with E-state index in [2.05, 4.69) is 19.2 Å². The van der Waals surface area contributed by atoms with E-state index in [4.69, 9.17) is 4.74 Å². The van der Waals surface area contributed by atoms with Crippen molar-refractivity contribution in [3.63, 3.8) is 0 Å². The number of benzene rings is 1. The van der Waals surface area contributed by atoms with Crippen molar-refractivity contribution >= 4 is 5.69 Å². The molecule has 0 aliphatic rings. The summed E-state index contributed by atoms with van der Waals surface area (Å²) in [5.74, 6) is 0.405. The number of hydrogen-bond donors (Lipinski definition) is 1. The highest BCUT2D eigenvalue weighted by molar-refractivity contribution is 5.53. The summed E-state index contributed by atoms with van der Waals surface area (Å²) in [6, 6.07) is 5.24. The summed E-state index contributed by atoms with van der Waals surface area (Å²) in [5.41, 5.74) is 1.66. The third-order valence-corrected chi connectivity index (χ3v) is 3.13. The van der Waals surface area contributed by atoms with E-state index in [0.717, 1.165) is 24.3 Å². The molecule has 114 valence electrons. The van der Waals surface area contributed by atoms with Gasteiger partial charge in [-0.15, -0.1) is 0 Å². The molecule has 0 amide bonds. The minimum atomic E-state index is -0.151. The summed E-state index contributed by atoms with van der Waals surface area (Å²) >= 11 is 0. The van der Waals surface area contributed by atoms with Gasteiger partial charge in [-0.1, -0.05) is 19.9 Å². The first-order valence-corrected chi connectivity index (χ1v) is 7.33. The van der Waals surface area contributed by atoms with E-state index in [1.807, 2.05) is 24.9 Å². The fourth-order valence-corrected chi connectivity index (χ4v) is 2.03. The smallest absolute Gasteiger partial charge is 0.129 e. The monoisotopic (exact) mass is 282 g/mol. The van der Waals surface area contributed by atoms with E-state index in [1.165, 1.54) is 6.07 Å². The maximum atomic E-state index is 14.0. The normalized spacial score (nSPS) is 11.1. The second-order valence-electron chi connectivity index (χ2n) is 5.38. The van der Waals surface area contributed by atoms with Crippen molar-refractivity contribution in [1.29, 1.82) is 0 Å². The number of anilines is 1. The van der Waals surface area contributed by atoms with Crippen LogP contribution in [0.5, 0.6) is 0 Å². The van der Waals surface area contributed by atoms with Crippen LogP contribution >= 0.6 is 0 Å². The average Bonchev–Trinajstić information content (AvgIpc) is 2.40. The molecule has 0 heterocycles. The lowest BCUT2D eigenvalue weighted by Crippen LogP contribution is -2.26. The summed E-state index contributed by atoms with van der Waals surface area (Å²) in [7, 11) is 1.97. The molecular weight excluding hydrogens is 255 g/mol. The maximum Gasteiger partial charge on any atom is 0.129 e. The van der Waals surface area contributed by atoms with Crippen LogP contribution in [0.1, 0.15) is 26.3 Å². The van der Waals surface area contributed by atoms with E-state index in [9.17, 15) is 4.39 Å². The maximum absolute atomic E-state index is 14.0. The molecule has 0 bridgehead atoms. The van der Waals surface area contributed by atoms with E-state index in [0.29, 0.717) is 25.7 Å². The SMILES string of the molecule is CCOCCN(C)c1cccc(F)c1CNCC(C)C.